The number of hydrogen-bond donors (Lipinski definition) is 1. The Bertz CT molecular complexity index is 744. The number of benzene rings is 2. The highest BCUT2D eigenvalue weighted by atomic mass is 19.1. The first-order valence-electron chi connectivity index (χ1n) is 7.24. The third-order valence-corrected chi connectivity index (χ3v) is 3.52. The first-order chi connectivity index (χ1) is 11.1. The summed E-state index contributed by atoms with van der Waals surface area (Å²) >= 11 is 0. The lowest BCUT2D eigenvalue weighted by Crippen LogP contribution is -2.38. The van der Waals surface area contributed by atoms with Crippen molar-refractivity contribution >= 4 is 11.7 Å². The van der Waals surface area contributed by atoms with Crippen LogP contribution in [0.4, 0.5) is 8.78 Å². The molecule has 23 heavy (non-hydrogen) atoms. The molecule has 0 saturated carbocycles. The van der Waals surface area contributed by atoms with Crippen LogP contribution in [0.15, 0.2) is 53.5 Å². The molecule has 4 nitrogen and oxygen atoms in total. The first-order valence-corrected chi connectivity index (χ1v) is 7.24. The van der Waals surface area contributed by atoms with Crippen LogP contribution in [0.3, 0.4) is 0 Å². The Morgan fingerprint density at radius 3 is 2.65 bits per heavy atom. The fraction of sp³-hybridized carbons (Fsp3) is 0.176. The number of amidine groups is 1. The molecule has 0 atom stereocenters. The van der Waals surface area contributed by atoms with Crippen LogP contribution in [0.5, 0.6) is 0 Å². The lowest BCUT2D eigenvalue weighted by atomic mass is 10.2. The van der Waals surface area contributed by atoms with E-state index in [-0.39, 0.29) is 17.3 Å². The van der Waals surface area contributed by atoms with E-state index >= 15 is 0 Å². The largest absolute Gasteiger partial charge is 0.283 e. The van der Waals surface area contributed by atoms with Gasteiger partial charge in [-0.3, -0.25) is 20.2 Å². The van der Waals surface area contributed by atoms with Crippen molar-refractivity contribution in [3.63, 3.8) is 0 Å². The van der Waals surface area contributed by atoms with Gasteiger partial charge >= 0.3 is 0 Å². The second-order valence-corrected chi connectivity index (χ2v) is 5.22. The maximum Gasteiger partial charge on any atom is 0.272 e. The summed E-state index contributed by atoms with van der Waals surface area (Å²) in [5, 5.41) is 1.41. The zero-order chi connectivity index (χ0) is 16.2. The smallest absolute Gasteiger partial charge is 0.272 e. The lowest BCUT2D eigenvalue weighted by Gasteiger charge is -2.15. The molecule has 6 heteroatoms. The number of aliphatic imine (C=N–C) groups is 1. The Morgan fingerprint density at radius 2 is 1.91 bits per heavy atom. The third kappa shape index (κ3) is 3.71. The molecule has 0 radical (unpaired) electrons. The number of nitrogens with one attached hydrogen (secondary N) is 1. The van der Waals surface area contributed by atoms with Crippen molar-refractivity contribution in [1.29, 1.82) is 0 Å². The highest BCUT2D eigenvalue weighted by Crippen LogP contribution is 2.11. The van der Waals surface area contributed by atoms with Crippen LogP contribution in [0.2, 0.25) is 0 Å². The summed E-state index contributed by atoms with van der Waals surface area (Å²) in [5.41, 5.74) is 4.10. The molecule has 0 spiro atoms. The summed E-state index contributed by atoms with van der Waals surface area (Å²) in [7, 11) is 0. The van der Waals surface area contributed by atoms with E-state index in [1.165, 1.54) is 35.3 Å². The fourth-order valence-electron chi connectivity index (χ4n) is 2.31. The van der Waals surface area contributed by atoms with Crippen molar-refractivity contribution in [2.24, 2.45) is 4.99 Å². The van der Waals surface area contributed by atoms with Gasteiger partial charge in [0.25, 0.3) is 5.91 Å². The van der Waals surface area contributed by atoms with Gasteiger partial charge in [0.1, 0.15) is 17.5 Å². The predicted molar refractivity (Wildman–Crippen MR) is 82.7 cm³/mol. The molecule has 2 aromatic rings. The second-order valence-electron chi connectivity index (χ2n) is 5.22. The van der Waals surface area contributed by atoms with Crippen molar-refractivity contribution in [2.75, 3.05) is 6.54 Å². The van der Waals surface area contributed by atoms with Crippen molar-refractivity contribution in [3.05, 3.63) is 71.3 Å². The van der Waals surface area contributed by atoms with Crippen LogP contribution in [-0.4, -0.2) is 23.3 Å². The quantitative estimate of drug-likeness (QED) is 0.946. The van der Waals surface area contributed by atoms with Gasteiger partial charge < -0.3 is 0 Å². The van der Waals surface area contributed by atoms with E-state index in [1.54, 1.807) is 18.2 Å². The summed E-state index contributed by atoms with van der Waals surface area (Å²) in [4.78, 5) is 16.6. The van der Waals surface area contributed by atoms with Gasteiger partial charge in [-0.2, -0.15) is 0 Å². The van der Waals surface area contributed by atoms with E-state index < -0.39 is 5.82 Å². The topological polar surface area (TPSA) is 44.7 Å². The zero-order valence-electron chi connectivity index (χ0n) is 12.3. The molecule has 1 saturated heterocycles. The minimum Gasteiger partial charge on any atom is -0.283 e. The Hall–Kier alpha value is -2.76. The molecule has 1 fully saturated rings. The molecule has 0 aromatic heterocycles. The summed E-state index contributed by atoms with van der Waals surface area (Å²) in [5.74, 6) is -0.344. The molecule has 1 aliphatic rings. The van der Waals surface area contributed by atoms with E-state index in [0.29, 0.717) is 25.3 Å². The van der Waals surface area contributed by atoms with Gasteiger partial charge in [0.15, 0.2) is 0 Å². The molecule has 0 bridgehead atoms. The number of rotatable bonds is 3. The normalized spacial score (nSPS) is 15.7. The molecule has 1 heterocycles. The maximum absolute atomic E-state index is 13.2. The van der Waals surface area contributed by atoms with Gasteiger partial charge in [0.05, 0.1) is 6.54 Å². The third-order valence-electron chi connectivity index (χ3n) is 3.52. The number of carbonyl (C=O) groups is 1. The van der Waals surface area contributed by atoms with Crippen LogP contribution in [0, 0.1) is 11.6 Å². The van der Waals surface area contributed by atoms with Crippen LogP contribution >= 0.6 is 0 Å². The Balaban J connectivity index is 1.62. The number of nitrogens with zero attached hydrogens (tertiary/aromatic N) is 2. The summed E-state index contributed by atoms with van der Waals surface area (Å²) in [6.45, 7) is 0.877. The number of hydrogen-bond acceptors (Lipinski definition) is 2. The van der Waals surface area contributed by atoms with Crippen LogP contribution in [-0.2, 0) is 6.54 Å². The van der Waals surface area contributed by atoms with Gasteiger partial charge in [-0.25, -0.2) is 8.78 Å². The SMILES string of the molecule is O=C(c1cccc(F)c1)N1CCC(=NCc2ccc(F)cc2)N1. The molecule has 0 aliphatic carbocycles. The summed E-state index contributed by atoms with van der Waals surface area (Å²) in [6.07, 6.45) is 0.599. The molecular formula is C17H15F2N3O. The second kappa shape index (κ2) is 6.56. The summed E-state index contributed by atoms with van der Waals surface area (Å²) in [6, 6.07) is 11.7. The molecule has 118 valence electrons. The Morgan fingerprint density at radius 1 is 1.13 bits per heavy atom. The Kier molecular flexibility index (Phi) is 4.32. The van der Waals surface area contributed by atoms with Crippen molar-refractivity contribution in [1.82, 2.24) is 10.4 Å². The summed E-state index contributed by atoms with van der Waals surface area (Å²) < 4.78 is 26.0. The highest BCUT2D eigenvalue weighted by molar-refractivity contribution is 5.97. The fourth-order valence-corrected chi connectivity index (χ4v) is 2.31. The molecule has 1 aliphatic heterocycles. The number of hydrazine groups is 1. The standard InChI is InChI=1S/C17H15F2N3O/c18-14-6-4-12(5-7-14)11-20-16-8-9-22(21-16)17(23)13-2-1-3-15(19)10-13/h1-7,10H,8-9,11H2,(H,20,21). The maximum atomic E-state index is 13.2. The van der Waals surface area contributed by atoms with Crippen molar-refractivity contribution < 1.29 is 13.6 Å². The van der Waals surface area contributed by atoms with Crippen LogP contribution < -0.4 is 5.43 Å². The van der Waals surface area contributed by atoms with Gasteiger partial charge in [-0.15, -0.1) is 0 Å². The minimum absolute atomic E-state index is 0.285. The van der Waals surface area contributed by atoms with Gasteiger partial charge in [0, 0.05) is 18.5 Å². The Labute approximate surface area is 132 Å². The van der Waals surface area contributed by atoms with Gasteiger partial charge in [-0.1, -0.05) is 18.2 Å². The van der Waals surface area contributed by atoms with Crippen LogP contribution in [0.1, 0.15) is 22.3 Å². The van der Waals surface area contributed by atoms with Gasteiger partial charge in [-0.05, 0) is 35.9 Å². The lowest BCUT2D eigenvalue weighted by molar-refractivity contribution is 0.0741. The molecule has 1 N–H and O–H groups in total. The van der Waals surface area contributed by atoms with E-state index in [9.17, 15) is 13.6 Å². The molecule has 3 rings (SSSR count). The zero-order valence-corrected chi connectivity index (χ0v) is 12.3. The average molecular weight is 315 g/mol. The monoisotopic (exact) mass is 315 g/mol. The molecular weight excluding hydrogens is 300 g/mol. The van der Waals surface area contributed by atoms with E-state index in [1.807, 2.05) is 0 Å². The van der Waals surface area contributed by atoms with Gasteiger partial charge in [0.2, 0.25) is 0 Å². The number of amides is 1. The average Bonchev–Trinajstić information content (AvgIpc) is 3.02. The molecule has 2 aromatic carbocycles. The molecule has 0 unspecified atom stereocenters. The van der Waals surface area contributed by atoms with Crippen molar-refractivity contribution in [3.8, 4) is 0 Å². The predicted octanol–water partition coefficient (Wildman–Crippen LogP) is 2.91. The van der Waals surface area contributed by atoms with Crippen LogP contribution in [0.25, 0.3) is 0 Å². The van der Waals surface area contributed by atoms with Crippen molar-refractivity contribution in [2.45, 2.75) is 13.0 Å². The number of carbonyl (C=O) groups excluding carboxylic acids is 1. The van der Waals surface area contributed by atoms with E-state index in [0.717, 1.165) is 5.56 Å². The van der Waals surface area contributed by atoms with E-state index in [2.05, 4.69) is 10.4 Å². The minimum atomic E-state index is -0.444. The first kappa shape index (κ1) is 15.1. The number of halogens is 2. The highest BCUT2D eigenvalue weighted by Gasteiger charge is 2.23. The van der Waals surface area contributed by atoms with E-state index in [4.69, 9.17) is 0 Å². The molecule has 1 amide bonds.